The SMILES string of the molecule is CCCS(=O)(=O)NC1CC(CNC(=O)c2ccc(Cl)cc2Cl)(CC2CC2)C1. The fraction of sp³-hybridized carbons (Fsp3) is 0.632. The average Bonchev–Trinajstić information content (AvgIpc) is 3.34. The van der Waals surface area contributed by atoms with Crippen molar-refractivity contribution in [3.05, 3.63) is 33.8 Å². The maximum atomic E-state index is 12.5. The van der Waals surface area contributed by atoms with E-state index < -0.39 is 10.0 Å². The Balaban J connectivity index is 1.59. The van der Waals surface area contributed by atoms with Gasteiger partial charge in [-0.3, -0.25) is 4.79 Å². The van der Waals surface area contributed by atoms with E-state index in [0.717, 1.165) is 19.3 Å². The smallest absolute Gasteiger partial charge is 0.252 e. The molecule has 0 unspecified atom stereocenters. The summed E-state index contributed by atoms with van der Waals surface area (Å²) in [6.07, 6.45) is 5.62. The highest BCUT2D eigenvalue weighted by molar-refractivity contribution is 7.89. The maximum Gasteiger partial charge on any atom is 0.252 e. The molecule has 0 aliphatic heterocycles. The van der Waals surface area contributed by atoms with Crippen molar-refractivity contribution >= 4 is 39.1 Å². The quantitative estimate of drug-likeness (QED) is 0.618. The molecule has 0 radical (unpaired) electrons. The molecule has 1 amide bonds. The molecule has 1 aromatic rings. The van der Waals surface area contributed by atoms with E-state index in [1.165, 1.54) is 12.8 Å². The van der Waals surface area contributed by atoms with Crippen LogP contribution >= 0.6 is 23.2 Å². The molecule has 0 saturated heterocycles. The average molecular weight is 433 g/mol. The molecule has 8 heteroatoms. The zero-order valence-corrected chi connectivity index (χ0v) is 17.8. The number of sulfonamides is 1. The molecule has 5 nitrogen and oxygen atoms in total. The lowest BCUT2D eigenvalue weighted by Crippen LogP contribution is -2.55. The van der Waals surface area contributed by atoms with Crippen LogP contribution in [-0.2, 0) is 10.0 Å². The second-order valence-corrected chi connectivity index (χ2v) is 10.7. The highest BCUT2D eigenvalue weighted by Crippen LogP contribution is 2.51. The van der Waals surface area contributed by atoms with Gasteiger partial charge in [-0.15, -0.1) is 0 Å². The molecule has 2 N–H and O–H groups in total. The minimum absolute atomic E-state index is 0.0312. The predicted octanol–water partition coefficient (Wildman–Crippen LogP) is 4.00. The van der Waals surface area contributed by atoms with Crippen LogP contribution in [0.1, 0.15) is 55.8 Å². The molecule has 27 heavy (non-hydrogen) atoms. The van der Waals surface area contributed by atoms with E-state index in [2.05, 4.69) is 10.0 Å². The highest BCUT2D eigenvalue weighted by atomic mass is 35.5. The topological polar surface area (TPSA) is 75.3 Å². The summed E-state index contributed by atoms with van der Waals surface area (Å²) in [4.78, 5) is 12.5. The number of carbonyl (C=O) groups excluding carboxylic acids is 1. The van der Waals surface area contributed by atoms with Crippen molar-refractivity contribution in [2.45, 2.75) is 51.5 Å². The van der Waals surface area contributed by atoms with E-state index in [0.29, 0.717) is 34.5 Å². The molecule has 1 aromatic carbocycles. The first kappa shape index (κ1) is 20.9. The van der Waals surface area contributed by atoms with Crippen molar-refractivity contribution in [3.8, 4) is 0 Å². The van der Waals surface area contributed by atoms with Crippen molar-refractivity contribution in [1.29, 1.82) is 0 Å². The third-order valence-electron chi connectivity index (χ3n) is 5.40. The van der Waals surface area contributed by atoms with Crippen LogP contribution in [0.25, 0.3) is 0 Å². The van der Waals surface area contributed by atoms with E-state index in [1.54, 1.807) is 18.2 Å². The molecule has 0 spiro atoms. The molecule has 0 bridgehead atoms. The van der Waals surface area contributed by atoms with Crippen molar-refractivity contribution in [3.63, 3.8) is 0 Å². The summed E-state index contributed by atoms with van der Waals surface area (Å²) < 4.78 is 26.8. The summed E-state index contributed by atoms with van der Waals surface area (Å²) in [5.41, 5.74) is 0.372. The maximum absolute atomic E-state index is 12.5. The summed E-state index contributed by atoms with van der Waals surface area (Å²) in [6.45, 7) is 2.39. The zero-order valence-electron chi connectivity index (χ0n) is 15.4. The lowest BCUT2D eigenvalue weighted by molar-refractivity contribution is 0.0661. The summed E-state index contributed by atoms with van der Waals surface area (Å²) in [7, 11) is -3.21. The van der Waals surface area contributed by atoms with Gasteiger partial charge in [0.15, 0.2) is 0 Å². The summed E-state index contributed by atoms with van der Waals surface area (Å²) in [6, 6.07) is 4.79. The largest absolute Gasteiger partial charge is 0.351 e. The number of carbonyl (C=O) groups is 1. The van der Waals surface area contributed by atoms with Gasteiger partial charge in [-0.05, 0) is 55.2 Å². The van der Waals surface area contributed by atoms with Crippen LogP contribution in [-0.4, -0.2) is 32.7 Å². The minimum atomic E-state index is -3.21. The molecular formula is C19H26Cl2N2O3S. The zero-order chi connectivity index (χ0) is 19.7. The number of hydrogen-bond acceptors (Lipinski definition) is 3. The molecular weight excluding hydrogens is 407 g/mol. The van der Waals surface area contributed by atoms with E-state index in [1.807, 2.05) is 6.92 Å². The lowest BCUT2D eigenvalue weighted by Gasteiger charge is -2.48. The Kier molecular flexibility index (Phi) is 6.41. The van der Waals surface area contributed by atoms with Gasteiger partial charge in [0.2, 0.25) is 10.0 Å². The Hall–Kier alpha value is -0.820. The highest BCUT2D eigenvalue weighted by Gasteiger charge is 2.48. The van der Waals surface area contributed by atoms with Gasteiger partial charge < -0.3 is 5.32 Å². The first-order chi connectivity index (χ1) is 12.7. The van der Waals surface area contributed by atoms with E-state index in [4.69, 9.17) is 23.2 Å². The Bertz CT molecular complexity index is 803. The van der Waals surface area contributed by atoms with Crippen molar-refractivity contribution in [1.82, 2.24) is 10.0 Å². The molecule has 2 aliphatic rings. The van der Waals surface area contributed by atoms with Gasteiger partial charge in [0.25, 0.3) is 5.91 Å². The van der Waals surface area contributed by atoms with Gasteiger partial charge in [-0.2, -0.15) is 0 Å². The normalized spacial score (nSPS) is 25.1. The number of hydrogen-bond donors (Lipinski definition) is 2. The van der Waals surface area contributed by atoms with Gasteiger partial charge in [-0.1, -0.05) is 43.0 Å². The lowest BCUT2D eigenvalue weighted by atomic mass is 9.63. The number of benzene rings is 1. The van der Waals surface area contributed by atoms with Crippen LogP contribution in [0.2, 0.25) is 10.0 Å². The molecule has 0 heterocycles. The predicted molar refractivity (Wildman–Crippen MR) is 109 cm³/mol. The van der Waals surface area contributed by atoms with Gasteiger partial charge in [0.05, 0.1) is 16.3 Å². The summed E-state index contributed by atoms with van der Waals surface area (Å²) in [5.74, 6) is 0.640. The number of amides is 1. The Labute approximate surface area is 171 Å². The number of rotatable bonds is 9. The van der Waals surface area contributed by atoms with Crippen molar-refractivity contribution < 1.29 is 13.2 Å². The van der Waals surface area contributed by atoms with Crippen LogP contribution in [0.3, 0.4) is 0 Å². The minimum Gasteiger partial charge on any atom is -0.351 e. The standard InChI is InChI=1S/C19H26Cl2N2O3S/c1-2-7-27(25,26)23-15-10-19(11-15,9-13-3-4-13)12-22-18(24)16-6-5-14(20)8-17(16)21/h5-6,8,13,15,23H,2-4,7,9-12H2,1H3,(H,22,24). The van der Waals surface area contributed by atoms with Crippen molar-refractivity contribution in [2.75, 3.05) is 12.3 Å². The monoisotopic (exact) mass is 432 g/mol. The molecule has 2 fully saturated rings. The molecule has 3 rings (SSSR count). The fourth-order valence-corrected chi connectivity index (χ4v) is 5.83. The third-order valence-corrected chi connectivity index (χ3v) is 7.58. The molecule has 0 aromatic heterocycles. The van der Waals surface area contributed by atoms with E-state index in [9.17, 15) is 13.2 Å². The second kappa shape index (κ2) is 8.27. The number of halogens is 2. The second-order valence-electron chi connectivity index (χ2n) is 8.00. The van der Waals surface area contributed by atoms with Crippen LogP contribution in [0.5, 0.6) is 0 Å². The van der Waals surface area contributed by atoms with Crippen LogP contribution in [0.4, 0.5) is 0 Å². The first-order valence-electron chi connectivity index (χ1n) is 9.45. The third kappa shape index (κ3) is 5.59. The van der Waals surface area contributed by atoms with Gasteiger partial charge in [0, 0.05) is 17.6 Å². The van der Waals surface area contributed by atoms with Crippen LogP contribution in [0.15, 0.2) is 18.2 Å². The Morgan fingerprint density at radius 1 is 1.26 bits per heavy atom. The molecule has 0 atom stereocenters. The van der Waals surface area contributed by atoms with Crippen LogP contribution in [0, 0.1) is 11.3 Å². The molecule has 2 aliphatic carbocycles. The van der Waals surface area contributed by atoms with Gasteiger partial charge >= 0.3 is 0 Å². The molecule has 2 saturated carbocycles. The molecule has 150 valence electrons. The Morgan fingerprint density at radius 2 is 1.96 bits per heavy atom. The summed E-state index contributed by atoms with van der Waals surface area (Å²) >= 11 is 12.0. The summed E-state index contributed by atoms with van der Waals surface area (Å²) in [5, 5.41) is 3.82. The fourth-order valence-electron chi connectivity index (χ4n) is 4.00. The van der Waals surface area contributed by atoms with E-state index in [-0.39, 0.29) is 23.1 Å². The van der Waals surface area contributed by atoms with E-state index >= 15 is 0 Å². The van der Waals surface area contributed by atoms with Gasteiger partial charge in [-0.25, -0.2) is 13.1 Å². The first-order valence-corrected chi connectivity index (χ1v) is 11.9. The van der Waals surface area contributed by atoms with Crippen LogP contribution < -0.4 is 10.0 Å². The Morgan fingerprint density at radius 3 is 2.56 bits per heavy atom. The number of nitrogens with one attached hydrogen (secondary N) is 2. The van der Waals surface area contributed by atoms with Crippen molar-refractivity contribution in [2.24, 2.45) is 11.3 Å². The van der Waals surface area contributed by atoms with Gasteiger partial charge in [0.1, 0.15) is 0 Å².